The first-order valence-corrected chi connectivity index (χ1v) is 10.7. The van der Waals surface area contributed by atoms with Gasteiger partial charge in [-0.3, -0.25) is 9.59 Å². The number of aldehydes is 2. The molecule has 0 fully saturated rings. The summed E-state index contributed by atoms with van der Waals surface area (Å²) in [7, 11) is 0. The second-order valence-corrected chi connectivity index (χ2v) is 7.32. The summed E-state index contributed by atoms with van der Waals surface area (Å²) in [6.45, 7) is 2.81. The first-order valence-electron chi connectivity index (χ1n) is 10.7. The Labute approximate surface area is 224 Å². The molecule has 2 aromatic carbocycles. The third-order valence-corrected chi connectivity index (χ3v) is 4.33. The van der Waals surface area contributed by atoms with Crippen LogP contribution in [0, 0.1) is 12.1 Å². The molecule has 4 aromatic rings. The van der Waals surface area contributed by atoms with E-state index in [4.69, 9.17) is 0 Å². The zero-order chi connectivity index (χ0) is 25.5. The van der Waals surface area contributed by atoms with Crippen LogP contribution in [0.4, 0.5) is 0 Å². The van der Waals surface area contributed by atoms with Crippen LogP contribution in [-0.2, 0) is 29.7 Å². The van der Waals surface area contributed by atoms with Gasteiger partial charge in [-0.2, -0.15) is 0 Å². The van der Waals surface area contributed by atoms with Crippen LogP contribution in [0.1, 0.15) is 41.0 Å². The molecule has 0 saturated heterocycles. The van der Waals surface area contributed by atoms with Crippen molar-refractivity contribution in [1.82, 2.24) is 9.97 Å². The first-order chi connectivity index (χ1) is 16.9. The molecule has 182 valence electrons. The van der Waals surface area contributed by atoms with Gasteiger partial charge in [-0.25, -0.2) is 0 Å². The van der Waals surface area contributed by atoms with E-state index in [1.807, 2.05) is 48.5 Å². The van der Waals surface area contributed by atoms with E-state index < -0.39 is 0 Å². The molecule has 6 nitrogen and oxygen atoms in total. The molecule has 36 heavy (non-hydrogen) atoms. The number of pyridine rings is 2. The molecule has 0 aliphatic carbocycles. The van der Waals surface area contributed by atoms with Gasteiger partial charge in [-0.15, -0.1) is 59.7 Å². The predicted octanol–water partition coefficient (Wildman–Crippen LogP) is 5.27. The fourth-order valence-corrected chi connectivity index (χ4v) is 2.73. The monoisotopic (exact) mass is 657 g/mol. The van der Waals surface area contributed by atoms with Crippen LogP contribution in [0.2, 0.25) is 0 Å². The standard InChI is InChI=1S/2C12H8NO.C5H8O2.Ir/c2*14-9-10-4-6-11(7-5-10)12-3-1-2-8-13-12;1-4(6)3-5(2)7;/h2*1-6,8-9H;3H2,1-2H3;/q2*-1;;+3. The maximum Gasteiger partial charge on any atom is 3.00 e. The molecule has 0 N–H and O–H groups in total. The average molecular weight is 657 g/mol. The second-order valence-electron chi connectivity index (χ2n) is 7.32. The molecular formula is C29H24IrN2O4+. The molecule has 0 aliphatic rings. The normalized spacial score (nSPS) is 9.17. The summed E-state index contributed by atoms with van der Waals surface area (Å²) in [5.41, 5.74) is 4.79. The molecule has 2 aromatic heterocycles. The summed E-state index contributed by atoms with van der Waals surface area (Å²) in [6.07, 6.45) is 5.16. The number of ketones is 2. The van der Waals surface area contributed by atoms with Crippen molar-refractivity contribution in [3.8, 4) is 22.5 Å². The van der Waals surface area contributed by atoms with Gasteiger partial charge in [0.05, 0.1) is 6.42 Å². The van der Waals surface area contributed by atoms with E-state index in [0.29, 0.717) is 11.1 Å². The summed E-state index contributed by atoms with van der Waals surface area (Å²) in [5.74, 6) is -0.125. The molecule has 0 spiro atoms. The van der Waals surface area contributed by atoms with Crippen LogP contribution in [0.25, 0.3) is 22.5 Å². The van der Waals surface area contributed by atoms with Crippen molar-refractivity contribution in [2.45, 2.75) is 20.3 Å². The van der Waals surface area contributed by atoms with E-state index in [1.54, 1.807) is 36.7 Å². The number of Topliss-reactive ketones (excluding diaryl/α,β-unsaturated/α-hetero) is 2. The van der Waals surface area contributed by atoms with Gasteiger partial charge < -0.3 is 19.6 Å². The van der Waals surface area contributed by atoms with Crippen molar-refractivity contribution in [2.75, 3.05) is 0 Å². The smallest absolute Gasteiger partial charge is 0.309 e. The Hall–Kier alpha value is -3.93. The third kappa shape index (κ3) is 11.0. The quantitative estimate of drug-likeness (QED) is 0.160. The number of rotatable bonds is 6. The molecule has 2 heterocycles. The SMILES string of the molecule is CC(=O)CC(C)=O.O=Cc1c[c-]c(-c2ccccn2)cc1.O=Cc1c[c-]c(-c2ccccn2)cc1.[Ir+3]. The molecule has 0 atom stereocenters. The van der Waals surface area contributed by atoms with E-state index in [9.17, 15) is 19.2 Å². The number of carbonyl (C=O) groups is 4. The number of aromatic nitrogens is 2. The minimum Gasteiger partial charge on any atom is -0.309 e. The van der Waals surface area contributed by atoms with Crippen LogP contribution in [0.3, 0.4) is 0 Å². The Morgan fingerprint density at radius 3 is 1.33 bits per heavy atom. The molecule has 0 amide bonds. The Kier molecular flexibility index (Phi) is 13.9. The summed E-state index contributed by atoms with van der Waals surface area (Å²) >= 11 is 0. The molecule has 0 bridgehead atoms. The van der Waals surface area contributed by atoms with Crippen molar-refractivity contribution in [3.05, 3.63) is 108 Å². The van der Waals surface area contributed by atoms with Crippen LogP contribution >= 0.6 is 0 Å². The van der Waals surface area contributed by atoms with Crippen molar-refractivity contribution in [2.24, 2.45) is 0 Å². The van der Waals surface area contributed by atoms with Gasteiger partial charge in [0.1, 0.15) is 24.1 Å². The summed E-state index contributed by atoms with van der Waals surface area (Å²) < 4.78 is 0. The maximum absolute atomic E-state index is 10.4. The minimum atomic E-state index is -0.0625. The Balaban J connectivity index is 0.000000283. The molecule has 4 rings (SSSR count). The predicted molar refractivity (Wildman–Crippen MR) is 134 cm³/mol. The van der Waals surface area contributed by atoms with Crippen LogP contribution < -0.4 is 0 Å². The van der Waals surface area contributed by atoms with E-state index >= 15 is 0 Å². The largest absolute Gasteiger partial charge is 3.00 e. The summed E-state index contributed by atoms with van der Waals surface area (Å²) in [4.78, 5) is 49.3. The number of hydrogen-bond donors (Lipinski definition) is 0. The topological polar surface area (TPSA) is 94.1 Å². The molecule has 0 aliphatic heterocycles. The number of carbonyl (C=O) groups excluding carboxylic acids is 4. The van der Waals surface area contributed by atoms with Crippen LogP contribution in [0.15, 0.2) is 85.2 Å². The second kappa shape index (κ2) is 16.7. The zero-order valence-corrected chi connectivity index (χ0v) is 22.2. The molecular weight excluding hydrogens is 633 g/mol. The van der Waals surface area contributed by atoms with Crippen LogP contribution in [-0.4, -0.2) is 34.1 Å². The van der Waals surface area contributed by atoms with E-state index in [1.165, 1.54) is 13.8 Å². The molecule has 0 unspecified atom stereocenters. The van der Waals surface area contributed by atoms with Gasteiger partial charge in [0, 0.05) is 12.4 Å². The maximum atomic E-state index is 10.4. The van der Waals surface area contributed by atoms with Crippen molar-refractivity contribution < 1.29 is 39.3 Å². The van der Waals surface area contributed by atoms with Crippen molar-refractivity contribution in [1.29, 1.82) is 0 Å². The van der Waals surface area contributed by atoms with Gasteiger partial charge in [0.15, 0.2) is 0 Å². The Morgan fingerprint density at radius 1 is 0.694 bits per heavy atom. The first kappa shape index (κ1) is 30.1. The van der Waals surface area contributed by atoms with Crippen molar-refractivity contribution >= 4 is 24.1 Å². The minimum absolute atomic E-state index is 0. The third-order valence-electron chi connectivity index (χ3n) is 4.33. The molecule has 7 heteroatoms. The van der Waals surface area contributed by atoms with Crippen molar-refractivity contribution in [3.63, 3.8) is 0 Å². The van der Waals surface area contributed by atoms with Gasteiger partial charge >= 0.3 is 20.1 Å². The number of hydrogen-bond acceptors (Lipinski definition) is 6. The number of nitrogens with zero attached hydrogens (tertiary/aromatic N) is 2. The van der Waals surface area contributed by atoms with Gasteiger partial charge in [0.25, 0.3) is 0 Å². The molecule has 0 radical (unpaired) electrons. The van der Waals surface area contributed by atoms with E-state index in [0.717, 1.165) is 35.1 Å². The zero-order valence-electron chi connectivity index (χ0n) is 19.8. The Morgan fingerprint density at radius 2 is 1.11 bits per heavy atom. The van der Waals surface area contributed by atoms with E-state index in [2.05, 4.69) is 22.1 Å². The van der Waals surface area contributed by atoms with Crippen LogP contribution in [0.5, 0.6) is 0 Å². The molecule has 0 saturated carbocycles. The average Bonchev–Trinajstić information content (AvgIpc) is 2.90. The van der Waals surface area contributed by atoms with E-state index in [-0.39, 0.29) is 38.1 Å². The van der Waals surface area contributed by atoms with Gasteiger partial charge in [-0.05, 0) is 37.4 Å². The summed E-state index contributed by atoms with van der Waals surface area (Å²) in [5, 5.41) is 0. The fraction of sp³-hybridized carbons (Fsp3) is 0.103. The summed E-state index contributed by atoms with van der Waals surface area (Å²) in [6, 6.07) is 27.9. The Bertz CT molecular complexity index is 1130. The number of benzene rings is 2. The fourth-order valence-electron chi connectivity index (χ4n) is 2.73. The van der Waals surface area contributed by atoms with Gasteiger partial charge in [0.2, 0.25) is 0 Å². The van der Waals surface area contributed by atoms with Gasteiger partial charge in [-0.1, -0.05) is 35.4 Å².